The molecule has 0 radical (unpaired) electrons. The van der Waals surface area contributed by atoms with E-state index in [9.17, 15) is 14.9 Å². The number of para-hydroxylation sites is 1. The molecule has 6 nitrogen and oxygen atoms in total. The first-order valence-electron chi connectivity index (χ1n) is 8.88. The van der Waals surface area contributed by atoms with Crippen LogP contribution in [0.3, 0.4) is 0 Å². The number of hydrogen-bond acceptors (Lipinski definition) is 5. The van der Waals surface area contributed by atoms with E-state index in [1.54, 1.807) is 17.6 Å². The summed E-state index contributed by atoms with van der Waals surface area (Å²) in [5, 5.41) is 13.4. The molecular formula is C19H20N4O2S. The number of aromatic nitrogens is 2. The van der Waals surface area contributed by atoms with Crippen LogP contribution in [0.15, 0.2) is 34.2 Å². The third kappa shape index (κ3) is 3.21. The summed E-state index contributed by atoms with van der Waals surface area (Å²) in [5.74, 6) is 0.183. The second-order valence-electron chi connectivity index (χ2n) is 7.24. The number of rotatable bonds is 6. The smallest absolute Gasteiger partial charge is 0.262 e. The quantitative estimate of drug-likeness (QED) is 0.625. The Morgan fingerprint density at radius 3 is 2.77 bits per heavy atom. The Kier molecular flexibility index (Phi) is 4.23. The molecule has 1 atom stereocenters. The third-order valence-electron chi connectivity index (χ3n) is 5.05. The number of benzene rings is 1. The maximum Gasteiger partial charge on any atom is 0.262 e. The number of amides is 1. The van der Waals surface area contributed by atoms with E-state index in [1.165, 1.54) is 11.8 Å². The lowest BCUT2D eigenvalue weighted by atomic mass is 9.98. The van der Waals surface area contributed by atoms with Crippen molar-refractivity contribution in [2.75, 3.05) is 5.75 Å². The van der Waals surface area contributed by atoms with Crippen LogP contribution in [-0.2, 0) is 4.79 Å². The average Bonchev–Trinajstić information content (AvgIpc) is 3.52. The molecule has 0 spiro atoms. The number of carbonyl (C=O) groups is 1. The van der Waals surface area contributed by atoms with Gasteiger partial charge in [-0.3, -0.25) is 14.2 Å². The number of nitrogens with one attached hydrogen (secondary N) is 1. The van der Waals surface area contributed by atoms with E-state index in [-0.39, 0.29) is 29.2 Å². The normalized spacial score (nSPS) is 18.9. The van der Waals surface area contributed by atoms with E-state index in [4.69, 9.17) is 0 Å². The molecular weight excluding hydrogens is 348 g/mol. The Labute approximate surface area is 155 Å². The molecule has 0 bridgehead atoms. The molecule has 2 aliphatic carbocycles. The van der Waals surface area contributed by atoms with E-state index in [0.717, 1.165) is 25.7 Å². The van der Waals surface area contributed by atoms with E-state index in [0.29, 0.717) is 16.1 Å². The summed E-state index contributed by atoms with van der Waals surface area (Å²) in [6, 6.07) is 9.71. The van der Waals surface area contributed by atoms with Crippen LogP contribution in [0, 0.1) is 17.2 Å². The molecule has 1 amide bonds. The molecule has 2 aliphatic rings. The van der Waals surface area contributed by atoms with Gasteiger partial charge in [-0.05, 0) is 50.7 Å². The first-order valence-corrected chi connectivity index (χ1v) is 9.87. The first-order chi connectivity index (χ1) is 12.5. The van der Waals surface area contributed by atoms with E-state index in [1.807, 2.05) is 18.2 Å². The van der Waals surface area contributed by atoms with Crippen LogP contribution in [0.1, 0.15) is 38.6 Å². The topological polar surface area (TPSA) is 87.8 Å². The van der Waals surface area contributed by atoms with Gasteiger partial charge in [0.2, 0.25) is 5.91 Å². The summed E-state index contributed by atoms with van der Waals surface area (Å²) in [6.45, 7) is 1.78. The van der Waals surface area contributed by atoms with Gasteiger partial charge in [-0.25, -0.2) is 4.98 Å². The SMILES string of the molecule is C[C@](C#N)(NC(=O)CSc1nc2ccccc2c(=O)n1C1CC1)C1CC1. The fourth-order valence-electron chi connectivity index (χ4n) is 3.22. The minimum atomic E-state index is -0.801. The van der Waals surface area contributed by atoms with Crippen LogP contribution in [0.2, 0.25) is 0 Å². The Bertz CT molecular complexity index is 972. The van der Waals surface area contributed by atoms with Crippen molar-refractivity contribution < 1.29 is 4.79 Å². The molecule has 1 aromatic heterocycles. The fourth-order valence-corrected chi connectivity index (χ4v) is 4.09. The minimum Gasteiger partial charge on any atom is -0.337 e. The van der Waals surface area contributed by atoms with Crippen LogP contribution < -0.4 is 10.9 Å². The molecule has 2 aromatic rings. The van der Waals surface area contributed by atoms with Gasteiger partial charge in [0.25, 0.3) is 5.56 Å². The van der Waals surface area contributed by atoms with Gasteiger partial charge in [-0.1, -0.05) is 23.9 Å². The molecule has 1 aromatic carbocycles. The second-order valence-corrected chi connectivity index (χ2v) is 8.19. The number of nitriles is 1. The lowest BCUT2D eigenvalue weighted by Gasteiger charge is -2.22. The van der Waals surface area contributed by atoms with Crippen molar-refractivity contribution in [1.29, 1.82) is 5.26 Å². The van der Waals surface area contributed by atoms with Crippen molar-refractivity contribution in [3.63, 3.8) is 0 Å². The van der Waals surface area contributed by atoms with Gasteiger partial charge >= 0.3 is 0 Å². The Morgan fingerprint density at radius 2 is 2.12 bits per heavy atom. The van der Waals surface area contributed by atoms with Crippen molar-refractivity contribution in [3.05, 3.63) is 34.6 Å². The number of carbonyl (C=O) groups excluding carboxylic acids is 1. The lowest BCUT2D eigenvalue weighted by Crippen LogP contribution is -2.47. The van der Waals surface area contributed by atoms with Gasteiger partial charge in [0.1, 0.15) is 5.54 Å². The lowest BCUT2D eigenvalue weighted by molar-refractivity contribution is -0.119. The van der Waals surface area contributed by atoms with E-state index >= 15 is 0 Å². The van der Waals surface area contributed by atoms with Gasteiger partial charge in [0.15, 0.2) is 5.16 Å². The highest BCUT2D eigenvalue weighted by Gasteiger charge is 2.43. The third-order valence-corrected chi connectivity index (χ3v) is 6.00. The predicted octanol–water partition coefficient (Wildman–Crippen LogP) is 2.63. The summed E-state index contributed by atoms with van der Waals surface area (Å²) >= 11 is 1.27. The van der Waals surface area contributed by atoms with E-state index < -0.39 is 5.54 Å². The Morgan fingerprint density at radius 1 is 1.38 bits per heavy atom. The molecule has 134 valence electrons. The highest BCUT2D eigenvalue weighted by atomic mass is 32.2. The van der Waals surface area contributed by atoms with Crippen LogP contribution >= 0.6 is 11.8 Å². The molecule has 0 aliphatic heterocycles. The summed E-state index contributed by atoms with van der Waals surface area (Å²) < 4.78 is 1.73. The summed E-state index contributed by atoms with van der Waals surface area (Å²) in [7, 11) is 0. The average molecular weight is 368 g/mol. The van der Waals surface area contributed by atoms with Gasteiger partial charge in [-0.15, -0.1) is 0 Å². The molecule has 4 rings (SSSR count). The monoisotopic (exact) mass is 368 g/mol. The van der Waals surface area contributed by atoms with Crippen LogP contribution in [0.25, 0.3) is 10.9 Å². The highest BCUT2D eigenvalue weighted by Crippen LogP contribution is 2.39. The van der Waals surface area contributed by atoms with Gasteiger partial charge in [0.05, 0.1) is 22.7 Å². The zero-order valence-electron chi connectivity index (χ0n) is 14.6. The summed E-state index contributed by atoms with van der Waals surface area (Å²) in [6.07, 6.45) is 3.89. The molecule has 26 heavy (non-hydrogen) atoms. The molecule has 7 heteroatoms. The second kappa shape index (κ2) is 6.44. The van der Waals surface area contributed by atoms with Gasteiger partial charge in [-0.2, -0.15) is 5.26 Å². The standard InChI is InChI=1S/C19H20N4O2S/c1-19(11-20,12-6-7-12)22-16(24)10-26-18-21-15-5-3-2-4-14(15)17(25)23(18)13-8-9-13/h2-5,12-13H,6-10H2,1H3,(H,22,24)/t19-/m1/s1. The first kappa shape index (κ1) is 17.1. The van der Waals surface area contributed by atoms with Crippen molar-refractivity contribution in [2.45, 2.75) is 49.3 Å². The van der Waals surface area contributed by atoms with Crippen LogP contribution in [0.4, 0.5) is 0 Å². The van der Waals surface area contributed by atoms with Crippen molar-refractivity contribution >= 4 is 28.6 Å². The minimum absolute atomic E-state index is 0.0409. The zero-order valence-corrected chi connectivity index (χ0v) is 15.4. The van der Waals surface area contributed by atoms with Crippen molar-refractivity contribution in [3.8, 4) is 6.07 Å². The largest absolute Gasteiger partial charge is 0.337 e. The Hall–Kier alpha value is -2.33. The molecule has 0 unspecified atom stereocenters. The van der Waals surface area contributed by atoms with Crippen LogP contribution in [0.5, 0.6) is 0 Å². The van der Waals surface area contributed by atoms with Gasteiger partial charge < -0.3 is 5.32 Å². The Balaban J connectivity index is 1.55. The number of fused-ring (bicyclic) bond motifs is 1. The zero-order chi connectivity index (χ0) is 18.3. The molecule has 2 saturated carbocycles. The fraction of sp³-hybridized carbons (Fsp3) is 0.474. The summed E-state index contributed by atoms with van der Waals surface area (Å²) in [5.41, 5.74) is -0.192. The highest BCUT2D eigenvalue weighted by molar-refractivity contribution is 7.99. The molecule has 0 saturated heterocycles. The number of hydrogen-bond donors (Lipinski definition) is 1. The maximum atomic E-state index is 12.8. The van der Waals surface area contributed by atoms with E-state index in [2.05, 4.69) is 16.4 Å². The number of thioether (sulfide) groups is 1. The van der Waals surface area contributed by atoms with Gasteiger partial charge in [0, 0.05) is 6.04 Å². The maximum absolute atomic E-state index is 12.8. The summed E-state index contributed by atoms with van der Waals surface area (Å²) in [4.78, 5) is 29.8. The predicted molar refractivity (Wildman–Crippen MR) is 99.9 cm³/mol. The number of nitrogens with zero attached hydrogens (tertiary/aromatic N) is 3. The van der Waals surface area contributed by atoms with Crippen LogP contribution in [-0.4, -0.2) is 26.8 Å². The molecule has 1 heterocycles. The van der Waals surface area contributed by atoms with Crippen molar-refractivity contribution in [2.24, 2.45) is 5.92 Å². The van der Waals surface area contributed by atoms with Crippen molar-refractivity contribution in [1.82, 2.24) is 14.9 Å². The molecule has 1 N–H and O–H groups in total. The molecule has 2 fully saturated rings.